The van der Waals surface area contributed by atoms with Crippen LogP contribution in [0.3, 0.4) is 0 Å². The van der Waals surface area contributed by atoms with Gasteiger partial charge in [0.2, 0.25) is 10.0 Å². The highest BCUT2D eigenvalue weighted by Gasteiger charge is 2.32. The Balaban J connectivity index is 1.64. The van der Waals surface area contributed by atoms with Crippen LogP contribution in [0.1, 0.15) is 65.5 Å². The number of anilines is 2. The van der Waals surface area contributed by atoms with Gasteiger partial charge in [0, 0.05) is 45.9 Å². The minimum atomic E-state index is -5.27. The Morgan fingerprint density at radius 2 is 1.17 bits per heavy atom. The molecule has 0 unspecified atom stereocenters. The molecule has 18 nitrogen and oxygen atoms in total. The van der Waals surface area contributed by atoms with Gasteiger partial charge in [0.15, 0.2) is 0 Å². The van der Waals surface area contributed by atoms with Gasteiger partial charge in [-0.05, 0) is 106 Å². The largest absolute Gasteiger partial charge is 0.456 e. The quantitative estimate of drug-likeness (QED) is 0.0537. The first kappa shape index (κ1) is 48.8. The highest BCUT2D eigenvalue weighted by molar-refractivity contribution is 7.89. The molecule has 6 N–H and O–H groups in total. The summed E-state index contributed by atoms with van der Waals surface area (Å²) in [6.07, 6.45) is 3.61. The summed E-state index contributed by atoms with van der Waals surface area (Å²) in [5, 5.41) is 2.18. The van der Waals surface area contributed by atoms with Crippen molar-refractivity contribution in [2.24, 2.45) is 4.99 Å². The number of sulfonamides is 1. The Labute approximate surface area is 382 Å². The van der Waals surface area contributed by atoms with Gasteiger partial charge in [-0.2, -0.15) is 33.7 Å². The second-order valence-corrected chi connectivity index (χ2v) is 23.6. The summed E-state index contributed by atoms with van der Waals surface area (Å²) in [4.78, 5) is 1.53. The summed E-state index contributed by atoms with van der Waals surface area (Å²) < 4.78 is 183. The third-order valence-electron chi connectivity index (χ3n) is 11.6. The maximum absolute atomic E-state index is 14.4. The Hall–Kier alpha value is -5.08. The van der Waals surface area contributed by atoms with Crippen molar-refractivity contribution in [2.45, 2.75) is 104 Å². The van der Waals surface area contributed by atoms with Crippen LogP contribution >= 0.6 is 0 Å². The number of nitrogens with one attached hydrogen (secondary N) is 2. The van der Waals surface area contributed by atoms with Crippen LogP contribution in [0, 0.1) is 41.5 Å². The van der Waals surface area contributed by atoms with Crippen LogP contribution in [0.25, 0.3) is 33.4 Å². The molecular formula is C43H45N3O15S5. The normalized spacial score (nSPS) is 14.9. The molecule has 23 heteroatoms. The Bertz CT molecular complexity index is 3660. The van der Waals surface area contributed by atoms with E-state index in [0.717, 1.165) is 43.5 Å². The van der Waals surface area contributed by atoms with Crippen molar-refractivity contribution in [2.75, 3.05) is 5.32 Å². The lowest BCUT2D eigenvalue weighted by molar-refractivity contribution is 0.412. The van der Waals surface area contributed by atoms with E-state index in [1.165, 1.54) is 64.1 Å². The topological polar surface area (TPSA) is 301 Å². The molecule has 352 valence electrons. The predicted octanol–water partition coefficient (Wildman–Crippen LogP) is 7.63. The fraction of sp³-hybridized carbons (Fsp3) is 0.279. The van der Waals surface area contributed by atoms with Crippen LogP contribution < -0.4 is 15.4 Å². The van der Waals surface area contributed by atoms with Crippen molar-refractivity contribution >= 4 is 78.5 Å². The predicted molar refractivity (Wildman–Crippen MR) is 245 cm³/mol. The number of fused-ring (bicyclic) bond motifs is 2. The Morgan fingerprint density at radius 1 is 0.591 bits per heavy atom. The molecule has 2 aliphatic carbocycles. The van der Waals surface area contributed by atoms with E-state index >= 15 is 0 Å². The smallest absolute Gasteiger partial charge is 0.296 e. The van der Waals surface area contributed by atoms with Crippen molar-refractivity contribution in [3.8, 4) is 22.5 Å². The zero-order chi connectivity index (χ0) is 48.6. The molecule has 0 spiro atoms. The molecule has 0 radical (unpaired) electrons. The van der Waals surface area contributed by atoms with E-state index in [1.54, 1.807) is 13.8 Å². The first-order chi connectivity index (χ1) is 30.5. The van der Waals surface area contributed by atoms with Gasteiger partial charge in [0.1, 0.15) is 30.9 Å². The molecule has 4 aromatic rings. The van der Waals surface area contributed by atoms with Gasteiger partial charge in [-0.3, -0.25) is 18.2 Å². The molecule has 0 atom stereocenters. The molecule has 1 saturated carbocycles. The zero-order valence-corrected chi connectivity index (χ0v) is 40.2. The van der Waals surface area contributed by atoms with E-state index in [9.17, 15) is 60.3 Å². The highest BCUT2D eigenvalue weighted by atomic mass is 32.2. The molecule has 3 aliphatic rings. The van der Waals surface area contributed by atoms with Crippen LogP contribution in [-0.2, 0) is 50.5 Å². The zero-order valence-electron chi connectivity index (χ0n) is 36.2. The average Bonchev–Trinajstić information content (AvgIpc) is 3.17. The van der Waals surface area contributed by atoms with Crippen molar-refractivity contribution < 1.29 is 64.7 Å². The lowest BCUT2D eigenvalue weighted by Gasteiger charge is -2.24. The number of benzene rings is 5. The molecule has 66 heavy (non-hydrogen) atoms. The molecule has 1 aliphatic heterocycles. The number of hydrogen-bond acceptors (Lipinski definition) is 13. The molecule has 1 fully saturated rings. The third-order valence-corrected chi connectivity index (χ3v) is 17.2. The number of aryl methyl sites for hydroxylation is 4. The van der Waals surface area contributed by atoms with Crippen LogP contribution in [0.4, 0.5) is 17.1 Å². The second kappa shape index (κ2) is 17.2. The van der Waals surface area contributed by atoms with E-state index in [2.05, 4.69) is 15.0 Å². The van der Waals surface area contributed by atoms with E-state index in [4.69, 9.17) is 4.42 Å². The number of nitrogens with zero attached hydrogens (tertiary/aromatic N) is 1. The SMILES string of the molecule is Cc1cc(C)c(S(=O)(=O)O)c(C)c1/N=c1\cc2oc3cc(Nc4c(C)cc(C)c(S(=O)(=O)O)c4C)c(S(=O)(=O)O)cc3c(-c3ccccc3S(=O)(=O)NC3CCCCC3)c-2cc1S(=O)(=O)O. The van der Waals surface area contributed by atoms with Crippen molar-refractivity contribution in [3.05, 3.63) is 99.4 Å². The van der Waals surface area contributed by atoms with Gasteiger partial charge in [0.05, 0.1) is 21.6 Å². The van der Waals surface area contributed by atoms with Gasteiger partial charge < -0.3 is 9.73 Å². The Kier molecular flexibility index (Phi) is 12.7. The highest BCUT2D eigenvalue weighted by Crippen LogP contribution is 2.46. The minimum Gasteiger partial charge on any atom is -0.456 e. The van der Waals surface area contributed by atoms with Gasteiger partial charge in [0.25, 0.3) is 40.5 Å². The molecule has 0 bridgehead atoms. The van der Waals surface area contributed by atoms with Crippen LogP contribution in [0.5, 0.6) is 0 Å². The van der Waals surface area contributed by atoms with Gasteiger partial charge in [-0.1, -0.05) is 49.6 Å². The maximum atomic E-state index is 14.4. The average molecular weight is 1000 g/mol. The van der Waals surface area contributed by atoms with Crippen LogP contribution in [0.2, 0.25) is 0 Å². The van der Waals surface area contributed by atoms with Gasteiger partial charge in [-0.25, -0.2) is 18.1 Å². The van der Waals surface area contributed by atoms with Gasteiger partial charge >= 0.3 is 0 Å². The molecular weight excluding hydrogens is 959 g/mol. The summed E-state index contributed by atoms with van der Waals surface area (Å²) in [5.41, 5.74) is -0.0954. The molecule has 4 aromatic carbocycles. The molecule has 7 rings (SSSR count). The van der Waals surface area contributed by atoms with E-state index in [0.29, 0.717) is 24.0 Å². The first-order valence-corrected chi connectivity index (χ1v) is 27.4. The number of hydrogen-bond donors (Lipinski definition) is 6. The first-order valence-electron chi connectivity index (χ1n) is 20.1. The van der Waals surface area contributed by atoms with E-state index < -0.39 is 81.5 Å². The molecule has 1 heterocycles. The van der Waals surface area contributed by atoms with Crippen LogP contribution in [0.15, 0.2) is 94.6 Å². The fourth-order valence-corrected chi connectivity index (χ4v) is 13.7. The fourth-order valence-electron chi connectivity index (χ4n) is 8.98. The van der Waals surface area contributed by atoms with E-state index in [-0.39, 0.29) is 77.6 Å². The third kappa shape index (κ3) is 9.41. The Morgan fingerprint density at radius 3 is 1.76 bits per heavy atom. The monoisotopic (exact) mass is 1000 g/mol. The minimum absolute atomic E-state index is 0.0139. The number of rotatable bonds is 11. The lowest BCUT2D eigenvalue weighted by atomic mass is 9.93. The molecule has 0 saturated heterocycles. The molecule has 0 aromatic heterocycles. The second-order valence-electron chi connectivity index (χ2n) is 16.4. The summed E-state index contributed by atoms with van der Waals surface area (Å²) in [7, 11) is -24.5. The summed E-state index contributed by atoms with van der Waals surface area (Å²) in [6, 6.07) is 12.1. The van der Waals surface area contributed by atoms with Crippen molar-refractivity contribution in [3.63, 3.8) is 0 Å². The van der Waals surface area contributed by atoms with E-state index in [1.807, 2.05) is 0 Å². The molecule has 0 amide bonds. The van der Waals surface area contributed by atoms with Crippen molar-refractivity contribution in [1.29, 1.82) is 0 Å². The maximum Gasteiger partial charge on any atom is 0.296 e. The van der Waals surface area contributed by atoms with Crippen molar-refractivity contribution in [1.82, 2.24) is 4.72 Å². The van der Waals surface area contributed by atoms with Crippen LogP contribution in [-0.4, -0.2) is 66.3 Å². The van der Waals surface area contributed by atoms with Gasteiger partial charge in [-0.15, -0.1) is 0 Å². The summed E-state index contributed by atoms with van der Waals surface area (Å²) in [6.45, 7) is 8.71. The summed E-state index contributed by atoms with van der Waals surface area (Å²) >= 11 is 0. The standard InChI is InChI=1S/C43H45N3O15S5/c1-22-16-24(3)42(65(55,56)57)26(5)40(22)44-32-20-34-30(18-37(32)63(49,50)51)39(29-14-10-11-15-36(29)62(47,48)46-28-12-8-7-9-13-28)31-19-38(64(52,53)54)33(21-35(31)61-34)45-41-23(2)17-25(4)43(27(41)6)66(58,59)60/h10-11,14-21,28,44,46H,7-9,12-13H2,1-6H3,(H,49,50,51)(H,52,53,54)(H,55,56,57)(H,58,59,60)/b45-33+. The lowest BCUT2D eigenvalue weighted by Crippen LogP contribution is -2.36. The summed E-state index contributed by atoms with van der Waals surface area (Å²) in [5.74, 6) is -0.226.